The highest BCUT2D eigenvalue weighted by atomic mass is 16.5. The van der Waals surface area contributed by atoms with Crippen molar-refractivity contribution in [3.8, 4) is 0 Å². The lowest BCUT2D eigenvalue weighted by Gasteiger charge is -2.17. The summed E-state index contributed by atoms with van der Waals surface area (Å²) in [6.45, 7) is 3.61. The number of methoxy groups -OCH3 is 1. The number of nitrogens with one attached hydrogen (secondary N) is 1. The third kappa shape index (κ3) is 3.92. The zero-order valence-corrected chi connectivity index (χ0v) is 12.5. The Kier molecular flexibility index (Phi) is 5.51. The Bertz CT molecular complexity index is 566. The maximum absolute atomic E-state index is 12.0. The molecule has 2 rings (SSSR count). The lowest BCUT2D eigenvalue weighted by molar-refractivity contribution is -0.143. The van der Waals surface area contributed by atoms with Gasteiger partial charge >= 0.3 is 5.97 Å². The largest absolute Gasteiger partial charge is 0.468 e. The molecule has 1 N–H and O–H groups in total. The van der Waals surface area contributed by atoms with Crippen molar-refractivity contribution in [3.05, 3.63) is 54.1 Å². The number of hydrogen-bond acceptors (Lipinski definition) is 4. The standard InChI is InChI=1S/C16H21N3O2/c1-3-9-19-12-17-10-14(19)11-18-15(16(20)21-2)13-7-5-4-6-8-13/h4-8,10,12,15,18H,3,9,11H2,1-2H3. The predicted molar refractivity (Wildman–Crippen MR) is 80.6 cm³/mol. The zero-order valence-electron chi connectivity index (χ0n) is 12.5. The van der Waals surface area contributed by atoms with Crippen molar-refractivity contribution in [2.45, 2.75) is 32.5 Å². The second-order valence-corrected chi connectivity index (χ2v) is 4.83. The Morgan fingerprint density at radius 3 is 2.81 bits per heavy atom. The number of nitrogens with zero attached hydrogens (tertiary/aromatic N) is 2. The van der Waals surface area contributed by atoms with Crippen LogP contribution < -0.4 is 5.32 Å². The van der Waals surface area contributed by atoms with E-state index in [4.69, 9.17) is 4.74 Å². The normalized spacial score (nSPS) is 12.1. The number of carbonyl (C=O) groups excluding carboxylic acids is 1. The first-order valence-electron chi connectivity index (χ1n) is 7.11. The quantitative estimate of drug-likeness (QED) is 0.794. The SMILES string of the molecule is CCCn1cncc1CNC(C(=O)OC)c1ccccc1. The number of esters is 1. The van der Waals surface area contributed by atoms with Gasteiger partial charge in [0, 0.05) is 19.3 Å². The Morgan fingerprint density at radius 1 is 1.38 bits per heavy atom. The molecule has 2 aromatic rings. The van der Waals surface area contributed by atoms with Crippen LogP contribution in [0, 0.1) is 0 Å². The molecule has 5 nitrogen and oxygen atoms in total. The van der Waals surface area contributed by atoms with E-state index in [1.165, 1.54) is 7.11 Å². The van der Waals surface area contributed by atoms with E-state index in [9.17, 15) is 4.79 Å². The summed E-state index contributed by atoms with van der Waals surface area (Å²) in [5, 5.41) is 3.25. The van der Waals surface area contributed by atoms with Gasteiger partial charge in [-0.1, -0.05) is 37.3 Å². The highest BCUT2D eigenvalue weighted by Crippen LogP contribution is 2.15. The summed E-state index contributed by atoms with van der Waals surface area (Å²) in [7, 11) is 1.40. The van der Waals surface area contributed by atoms with Crippen LogP contribution in [0.5, 0.6) is 0 Å². The van der Waals surface area contributed by atoms with Gasteiger partial charge in [-0.3, -0.25) is 5.32 Å². The molecule has 0 aliphatic rings. The van der Waals surface area contributed by atoms with Gasteiger partial charge in [0.2, 0.25) is 0 Å². The van der Waals surface area contributed by atoms with Crippen molar-refractivity contribution in [1.29, 1.82) is 0 Å². The first-order chi connectivity index (χ1) is 10.3. The molecule has 0 aliphatic heterocycles. The molecule has 0 spiro atoms. The lowest BCUT2D eigenvalue weighted by Crippen LogP contribution is -2.30. The summed E-state index contributed by atoms with van der Waals surface area (Å²) < 4.78 is 6.98. The van der Waals surface area contributed by atoms with Gasteiger partial charge in [0.25, 0.3) is 0 Å². The molecular formula is C16H21N3O2. The number of benzene rings is 1. The Labute approximate surface area is 125 Å². The van der Waals surface area contributed by atoms with Gasteiger partial charge in [-0.25, -0.2) is 9.78 Å². The highest BCUT2D eigenvalue weighted by Gasteiger charge is 2.20. The number of aryl methyl sites for hydroxylation is 1. The van der Waals surface area contributed by atoms with Crippen LogP contribution in [0.3, 0.4) is 0 Å². The number of aromatic nitrogens is 2. The van der Waals surface area contributed by atoms with Gasteiger partial charge in [-0.2, -0.15) is 0 Å². The summed E-state index contributed by atoms with van der Waals surface area (Å²) in [5.74, 6) is -0.289. The predicted octanol–water partition coefficient (Wildman–Crippen LogP) is 2.30. The van der Waals surface area contributed by atoms with E-state index >= 15 is 0 Å². The van der Waals surface area contributed by atoms with Gasteiger partial charge < -0.3 is 9.30 Å². The molecule has 1 heterocycles. The van der Waals surface area contributed by atoms with Crippen LogP contribution in [0.15, 0.2) is 42.9 Å². The molecule has 112 valence electrons. The fourth-order valence-electron chi connectivity index (χ4n) is 2.24. The summed E-state index contributed by atoms with van der Waals surface area (Å²) >= 11 is 0. The number of ether oxygens (including phenoxy) is 1. The average molecular weight is 287 g/mol. The van der Waals surface area contributed by atoms with Crippen molar-refractivity contribution < 1.29 is 9.53 Å². The van der Waals surface area contributed by atoms with Crippen LogP contribution in [-0.2, 0) is 22.6 Å². The van der Waals surface area contributed by atoms with E-state index in [1.54, 1.807) is 0 Å². The fourth-order valence-corrected chi connectivity index (χ4v) is 2.24. The minimum absolute atomic E-state index is 0.289. The van der Waals surface area contributed by atoms with E-state index in [0.717, 1.165) is 24.2 Å². The van der Waals surface area contributed by atoms with E-state index in [0.29, 0.717) is 6.54 Å². The molecule has 0 bridgehead atoms. The monoisotopic (exact) mass is 287 g/mol. The van der Waals surface area contributed by atoms with Crippen molar-refractivity contribution in [2.75, 3.05) is 7.11 Å². The number of hydrogen-bond donors (Lipinski definition) is 1. The maximum Gasteiger partial charge on any atom is 0.327 e. The van der Waals surface area contributed by atoms with Crippen LogP contribution in [0.2, 0.25) is 0 Å². The summed E-state index contributed by atoms with van der Waals surface area (Å²) in [5.41, 5.74) is 1.95. The van der Waals surface area contributed by atoms with E-state index in [-0.39, 0.29) is 5.97 Å². The minimum atomic E-state index is -0.471. The first-order valence-corrected chi connectivity index (χ1v) is 7.11. The van der Waals surface area contributed by atoms with E-state index in [1.807, 2.05) is 42.9 Å². The van der Waals surface area contributed by atoms with Crippen molar-refractivity contribution in [3.63, 3.8) is 0 Å². The van der Waals surface area contributed by atoms with Crippen molar-refractivity contribution >= 4 is 5.97 Å². The van der Waals surface area contributed by atoms with Crippen LogP contribution in [-0.4, -0.2) is 22.6 Å². The second-order valence-electron chi connectivity index (χ2n) is 4.83. The number of rotatable bonds is 7. The number of carbonyl (C=O) groups is 1. The fraction of sp³-hybridized carbons (Fsp3) is 0.375. The lowest BCUT2D eigenvalue weighted by atomic mass is 10.1. The molecule has 0 aliphatic carbocycles. The Balaban J connectivity index is 2.09. The van der Waals surface area contributed by atoms with Gasteiger partial charge in [0.1, 0.15) is 6.04 Å². The van der Waals surface area contributed by atoms with Gasteiger partial charge in [-0.05, 0) is 12.0 Å². The maximum atomic E-state index is 12.0. The van der Waals surface area contributed by atoms with Crippen LogP contribution >= 0.6 is 0 Å². The van der Waals surface area contributed by atoms with Gasteiger partial charge in [-0.15, -0.1) is 0 Å². The van der Waals surface area contributed by atoms with Crippen LogP contribution in [0.25, 0.3) is 0 Å². The molecule has 5 heteroatoms. The van der Waals surface area contributed by atoms with Crippen LogP contribution in [0.4, 0.5) is 0 Å². The molecule has 1 aromatic heterocycles. The molecule has 0 saturated carbocycles. The topological polar surface area (TPSA) is 56.2 Å². The highest BCUT2D eigenvalue weighted by molar-refractivity contribution is 5.77. The Hall–Kier alpha value is -2.14. The first kappa shape index (κ1) is 15.3. The van der Waals surface area contributed by atoms with Gasteiger partial charge in [0.15, 0.2) is 0 Å². The molecule has 21 heavy (non-hydrogen) atoms. The van der Waals surface area contributed by atoms with E-state index < -0.39 is 6.04 Å². The van der Waals surface area contributed by atoms with Crippen molar-refractivity contribution in [2.24, 2.45) is 0 Å². The minimum Gasteiger partial charge on any atom is -0.468 e. The molecule has 0 amide bonds. The molecule has 0 fully saturated rings. The Morgan fingerprint density at radius 2 is 2.14 bits per heavy atom. The van der Waals surface area contributed by atoms with Crippen molar-refractivity contribution in [1.82, 2.24) is 14.9 Å². The van der Waals surface area contributed by atoms with Crippen LogP contribution in [0.1, 0.15) is 30.6 Å². The summed E-state index contributed by atoms with van der Waals surface area (Å²) in [4.78, 5) is 16.1. The third-order valence-corrected chi connectivity index (χ3v) is 3.32. The zero-order chi connectivity index (χ0) is 15.1. The smallest absolute Gasteiger partial charge is 0.327 e. The second kappa shape index (κ2) is 7.59. The molecule has 0 saturated heterocycles. The molecule has 1 unspecified atom stereocenters. The summed E-state index contributed by atoms with van der Waals surface area (Å²) in [6, 6.07) is 9.10. The molecular weight excluding hydrogens is 266 g/mol. The molecule has 1 aromatic carbocycles. The van der Waals surface area contributed by atoms with Gasteiger partial charge in [0.05, 0.1) is 19.1 Å². The molecule has 1 atom stereocenters. The average Bonchev–Trinajstić information content (AvgIpc) is 2.96. The van der Waals surface area contributed by atoms with E-state index in [2.05, 4.69) is 21.8 Å². The molecule has 0 radical (unpaired) electrons. The summed E-state index contributed by atoms with van der Waals surface area (Å²) in [6.07, 6.45) is 4.68. The third-order valence-electron chi connectivity index (χ3n) is 3.32. The number of imidazole rings is 1.